The smallest absolute Gasteiger partial charge is 0.273 e. The molecule has 1 N–H and O–H groups in total. The van der Waals surface area contributed by atoms with Crippen LogP contribution in [0.25, 0.3) is 0 Å². The van der Waals surface area contributed by atoms with Gasteiger partial charge in [-0.3, -0.25) is 4.79 Å². The Balaban J connectivity index is 2.72. The molecule has 1 rings (SSSR count). The highest BCUT2D eigenvalue weighted by molar-refractivity contribution is 9.09. The van der Waals surface area contributed by atoms with Crippen LogP contribution in [0.4, 0.5) is 0 Å². The highest BCUT2D eigenvalue weighted by Gasteiger charge is 2.27. The van der Waals surface area contributed by atoms with Crippen molar-refractivity contribution in [3.05, 3.63) is 17.5 Å². The van der Waals surface area contributed by atoms with E-state index in [2.05, 4.69) is 26.4 Å². The number of aromatic nitrogens is 1. The quantitative estimate of drug-likeness (QED) is 0.861. The summed E-state index contributed by atoms with van der Waals surface area (Å²) in [7, 11) is 0. The number of rotatable bonds is 3. The summed E-state index contributed by atoms with van der Waals surface area (Å²) < 4.78 is 4.84. The third kappa shape index (κ3) is 3.06. The van der Waals surface area contributed by atoms with Crippen molar-refractivity contribution in [2.24, 2.45) is 0 Å². The van der Waals surface area contributed by atoms with Gasteiger partial charge in [-0.1, -0.05) is 28.0 Å². The first-order valence-electron chi connectivity index (χ1n) is 4.73. The molecule has 15 heavy (non-hydrogen) atoms. The second-order valence-corrected chi connectivity index (χ2v) is 5.49. The summed E-state index contributed by atoms with van der Waals surface area (Å²) in [6.45, 7) is 7.62. The summed E-state index contributed by atoms with van der Waals surface area (Å²) in [6.07, 6.45) is 0. The summed E-state index contributed by atoms with van der Waals surface area (Å²) in [5.74, 6) is 0.410. The zero-order valence-corrected chi connectivity index (χ0v) is 10.9. The van der Waals surface area contributed by atoms with Crippen molar-refractivity contribution in [2.45, 2.75) is 38.1 Å². The van der Waals surface area contributed by atoms with Gasteiger partial charge in [0.05, 0.1) is 0 Å². The standard InChI is InChI=1S/C10H15BrN2O2/c1-6-5-8(13-15-6)9(14)12-10(3,4)7(2)11/h5,7H,1-4H3,(H,12,14). The van der Waals surface area contributed by atoms with Crippen molar-refractivity contribution in [2.75, 3.05) is 0 Å². The number of carbonyl (C=O) groups is 1. The molecule has 0 saturated carbocycles. The zero-order valence-electron chi connectivity index (χ0n) is 9.30. The van der Waals surface area contributed by atoms with Gasteiger partial charge in [0.1, 0.15) is 5.76 Å². The van der Waals surface area contributed by atoms with E-state index in [0.717, 1.165) is 0 Å². The van der Waals surface area contributed by atoms with Gasteiger partial charge < -0.3 is 9.84 Å². The van der Waals surface area contributed by atoms with Crippen molar-refractivity contribution < 1.29 is 9.32 Å². The Labute approximate surface area is 97.5 Å². The van der Waals surface area contributed by atoms with E-state index in [0.29, 0.717) is 11.5 Å². The molecule has 0 saturated heterocycles. The minimum absolute atomic E-state index is 0.168. The maximum absolute atomic E-state index is 11.7. The first kappa shape index (κ1) is 12.2. The molecule has 1 heterocycles. The molecule has 0 aliphatic rings. The van der Waals surface area contributed by atoms with Crippen LogP contribution in [-0.2, 0) is 0 Å². The summed E-state index contributed by atoms with van der Waals surface area (Å²) in [6, 6.07) is 1.62. The Kier molecular flexibility index (Phi) is 3.54. The van der Waals surface area contributed by atoms with Gasteiger partial charge >= 0.3 is 0 Å². The molecule has 84 valence electrons. The SMILES string of the molecule is Cc1cc(C(=O)NC(C)(C)C(C)Br)no1. The highest BCUT2D eigenvalue weighted by atomic mass is 79.9. The Morgan fingerprint density at radius 2 is 2.27 bits per heavy atom. The molecule has 0 aliphatic carbocycles. The summed E-state index contributed by atoms with van der Waals surface area (Å²) >= 11 is 3.44. The molecule has 1 aromatic rings. The largest absolute Gasteiger partial charge is 0.361 e. The molecule has 0 spiro atoms. The Morgan fingerprint density at radius 3 is 2.67 bits per heavy atom. The fourth-order valence-corrected chi connectivity index (χ4v) is 1.04. The third-order valence-corrected chi connectivity index (χ3v) is 3.44. The molecule has 0 radical (unpaired) electrons. The average molecular weight is 275 g/mol. The van der Waals surface area contributed by atoms with Crippen LogP contribution in [0.15, 0.2) is 10.6 Å². The van der Waals surface area contributed by atoms with Crippen molar-refractivity contribution in [1.82, 2.24) is 10.5 Å². The van der Waals surface area contributed by atoms with E-state index in [-0.39, 0.29) is 16.3 Å². The molecule has 1 aromatic heterocycles. The molecule has 1 amide bonds. The molecule has 0 fully saturated rings. The van der Waals surface area contributed by atoms with Crippen LogP contribution >= 0.6 is 15.9 Å². The highest BCUT2D eigenvalue weighted by Crippen LogP contribution is 2.17. The predicted octanol–water partition coefficient (Wildman–Crippen LogP) is 2.27. The maximum Gasteiger partial charge on any atom is 0.273 e. The Morgan fingerprint density at radius 1 is 1.67 bits per heavy atom. The van der Waals surface area contributed by atoms with Gasteiger partial charge in [-0.25, -0.2) is 0 Å². The molecular formula is C10H15BrN2O2. The van der Waals surface area contributed by atoms with E-state index in [9.17, 15) is 4.79 Å². The van der Waals surface area contributed by atoms with Gasteiger partial charge in [0, 0.05) is 16.4 Å². The Bertz CT molecular complexity index is 358. The average Bonchev–Trinajstić information content (AvgIpc) is 2.50. The number of aryl methyl sites for hydroxylation is 1. The van der Waals surface area contributed by atoms with E-state index >= 15 is 0 Å². The lowest BCUT2D eigenvalue weighted by Crippen LogP contribution is -2.48. The molecule has 1 unspecified atom stereocenters. The van der Waals surface area contributed by atoms with Crippen molar-refractivity contribution in [3.8, 4) is 0 Å². The summed E-state index contributed by atoms with van der Waals surface area (Å²) in [5.41, 5.74) is -0.0158. The number of nitrogens with zero attached hydrogens (tertiary/aromatic N) is 1. The number of halogens is 1. The molecule has 1 atom stereocenters. The first-order valence-corrected chi connectivity index (χ1v) is 5.64. The number of carbonyl (C=O) groups excluding carboxylic acids is 1. The van der Waals surface area contributed by atoms with Crippen LogP contribution in [0, 0.1) is 6.92 Å². The molecule has 0 aromatic carbocycles. The van der Waals surface area contributed by atoms with E-state index < -0.39 is 0 Å². The maximum atomic E-state index is 11.7. The molecule has 0 aliphatic heterocycles. The molecular weight excluding hydrogens is 260 g/mol. The van der Waals surface area contributed by atoms with E-state index in [4.69, 9.17) is 4.52 Å². The van der Waals surface area contributed by atoms with Crippen LogP contribution in [0.2, 0.25) is 0 Å². The number of nitrogens with one attached hydrogen (secondary N) is 1. The van der Waals surface area contributed by atoms with Gasteiger partial charge in [0.2, 0.25) is 0 Å². The summed E-state index contributed by atoms with van der Waals surface area (Å²) in [5, 5.41) is 6.53. The fraction of sp³-hybridized carbons (Fsp3) is 0.600. The van der Waals surface area contributed by atoms with E-state index in [1.807, 2.05) is 20.8 Å². The van der Waals surface area contributed by atoms with Crippen LogP contribution in [0.1, 0.15) is 37.0 Å². The lowest BCUT2D eigenvalue weighted by Gasteiger charge is -2.28. The number of hydrogen-bond acceptors (Lipinski definition) is 3. The third-order valence-electron chi connectivity index (χ3n) is 2.29. The fourth-order valence-electron chi connectivity index (χ4n) is 0.930. The van der Waals surface area contributed by atoms with E-state index in [1.165, 1.54) is 0 Å². The second-order valence-electron chi connectivity index (χ2n) is 4.11. The zero-order chi connectivity index (χ0) is 11.6. The van der Waals surface area contributed by atoms with Crippen molar-refractivity contribution >= 4 is 21.8 Å². The van der Waals surface area contributed by atoms with Crippen LogP contribution in [0.5, 0.6) is 0 Å². The summed E-state index contributed by atoms with van der Waals surface area (Å²) in [4.78, 5) is 11.9. The van der Waals surface area contributed by atoms with Crippen LogP contribution in [-0.4, -0.2) is 21.4 Å². The molecule has 0 bridgehead atoms. The molecule has 5 heteroatoms. The van der Waals surface area contributed by atoms with Crippen molar-refractivity contribution in [3.63, 3.8) is 0 Å². The topological polar surface area (TPSA) is 55.1 Å². The van der Waals surface area contributed by atoms with Crippen LogP contribution in [0.3, 0.4) is 0 Å². The van der Waals surface area contributed by atoms with Crippen LogP contribution < -0.4 is 5.32 Å². The number of alkyl halides is 1. The number of amides is 1. The normalized spacial score (nSPS) is 13.7. The minimum atomic E-state index is -0.329. The lowest BCUT2D eigenvalue weighted by atomic mass is 10.0. The van der Waals surface area contributed by atoms with Gasteiger partial charge in [-0.2, -0.15) is 0 Å². The van der Waals surface area contributed by atoms with Gasteiger partial charge in [0.15, 0.2) is 5.69 Å². The van der Waals surface area contributed by atoms with Gasteiger partial charge in [0.25, 0.3) is 5.91 Å². The van der Waals surface area contributed by atoms with E-state index in [1.54, 1.807) is 13.0 Å². The number of hydrogen-bond donors (Lipinski definition) is 1. The molecule has 4 nitrogen and oxygen atoms in total. The predicted molar refractivity (Wildman–Crippen MR) is 61.2 cm³/mol. The van der Waals surface area contributed by atoms with Crippen molar-refractivity contribution in [1.29, 1.82) is 0 Å². The lowest BCUT2D eigenvalue weighted by molar-refractivity contribution is 0.0904. The monoisotopic (exact) mass is 274 g/mol. The minimum Gasteiger partial charge on any atom is -0.361 e. The van der Waals surface area contributed by atoms with Gasteiger partial charge in [-0.05, 0) is 20.8 Å². The Hall–Kier alpha value is -0.840. The second kappa shape index (κ2) is 4.35. The first-order chi connectivity index (χ1) is 6.83. The van der Waals surface area contributed by atoms with Gasteiger partial charge in [-0.15, -0.1) is 0 Å².